The molecule has 0 aromatic rings. The standard InChI is InChI=1S/C16H24F4N2O2/c1-11-5-3-7-21(9-11)13(23)15(17,18)16(19,20)14(24)22-8-4-6-12(2)10-22/h11-12H,3-10H2,1-2H3/t11-,12-/m1/s1. The number of carbonyl (C=O) groups excluding carboxylic acids is 2. The van der Waals surface area contributed by atoms with E-state index in [1.165, 1.54) is 0 Å². The van der Waals surface area contributed by atoms with Crippen molar-refractivity contribution in [2.24, 2.45) is 11.8 Å². The molecule has 0 radical (unpaired) electrons. The molecule has 2 heterocycles. The van der Waals surface area contributed by atoms with Crippen molar-refractivity contribution in [3.05, 3.63) is 0 Å². The van der Waals surface area contributed by atoms with E-state index in [1.54, 1.807) is 13.8 Å². The zero-order chi connectivity index (χ0) is 18.1. The number of rotatable bonds is 3. The number of nitrogens with zero attached hydrogens (tertiary/aromatic N) is 2. The molecule has 0 aromatic heterocycles. The van der Waals surface area contributed by atoms with Crippen LogP contribution in [0, 0.1) is 11.8 Å². The smallest absolute Gasteiger partial charge is 0.337 e. The highest BCUT2D eigenvalue weighted by Crippen LogP contribution is 2.39. The van der Waals surface area contributed by atoms with Crippen molar-refractivity contribution in [1.29, 1.82) is 0 Å². The topological polar surface area (TPSA) is 40.6 Å². The molecule has 0 unspecified atom stereocenters. The zero-order valence-electron chi connectivity index (χ0n) is 14.0. The Balaban J connectivity index is 2.15. The quantitative estimate of drug-likeness (QED) is 0.733. The molecule has 2 atom stereocenters. The molecule has 0 N–H and O–H groups in total. The Morgan fingerprint density at radius 1 is 0.792 bits per heavy atom. The summed E-state index contributed by atoms with van der Waals surface area (Å²) in [7, 11) is 0. The highest BCUT2D eigenvalue weighted by atomic mass is 19.3. The first kappa shape index (κ1) is 19.0. The monoisotopic (exact) mass is 352 g/mol. The molecule has 2 fully saturated rings. The summed E-state index contributed by atoms with van der Waals surface area (Å²) in [4.78, 5) is 25.5. The van der Waals surface area contributed by atoms with Gasteiger partial charge >= 0.3 is 11.8 Å². The second kappa shape index (κ2) is 6.88. The maximum atomic E-state index is 14.2. The van der Waals surface area contributed by atoms with Gasteiger partial charge < -0.3 is 9.80 Å². The van der Waals surface area contributed by atoms with E-state index < -0.39 is 23.7 Å². The van der Waals surface area contributed by atoms with Crippen LogP contribution in [0.25, 0.3) is 0 Å². The Morgan fingerprint density at radius 2 is 1.12 bits per heavy atom. The zero-order valence-corrected chi connectivity index (χ0v) is 14.0. The minimum atomic E-state index is -5.03. The predicted molar refractivity (Wildman–Crippen MR) is 79.9 cm³/mol. The molecule has 24 heavy (non-hydrogen) atoms. The highest BCUT2D eigenvalue weighted by molar-refractivity contribution is 5.95. The molecule has 0 bridgehead atoms. The summed E-state index contributed by atoms with van der Waals surface area (Å²) >= 11 is 0. The fourth-order valence-electron chi connectivity index (χ4n) is 3.41. The molecule has 2 saturated heterocycles. The molecule has 2 aliphatic rings. The first-order valence-corrected chi connectivity index (χ1v) is 8.41. The van der Waals surface area contributed by atoms with Gasteiger partial charge in [0.1, 0.15) is 0 Å². The van der Waals surface area contributed by atoms with Gasteiger partial charge in [-0.25, -0.2) is 0 Å². The van der Waals surface area contributed by atoms with Gasteiger partial charge in [0, 0.05) is 26.2 Å². The molecule has 0 aromatic carbocycles. The number of carbonyl (C=O) groups is 2. The van der Waals surface area contributed by atoms with Crippen LogP contribution >= 0.6 is 0 Å². The number of amides is 2. The van der Waals surface area contributed by atoms with Crippen LogP contribution in [-0.2, 0) is 9.59 Å². The molecule has 2 amide bonds. The largest absolute Gasteiger partial charge is 0.395 e. The van der Waals surface area contributed by atoms with E-state index in [2.05, 4.69) is 0 Å². The molecule has 2 rings (SSSR count). The Morgan fingerprint density at radius 3 is 1.42 bits per heavy atom. The fourth-order valence-corrected chi connectivity index (χ4v) is 3.41. The van der Waals surface area contributed by atoms with Gasteiger partial charge in [-0.05, 0) is 37.5 Å². The number of hydrogen-bond acceptors (Lipinski definition) is 2. The van der Waals surface area contributed by atoms with Crippen molar-refractivity contribution >= 4 is 11.8 Å². The normalized spacial score (nSPS) is 26.4. The molecule has 8 heteroatoms. The van der Waals surface area contributed by atoms with Crippen molar-refractivity contribution in [1.82, 2.24) is 9.80 Å². The minimum Gasteiger partial charge on any atom is -0.337 e. The van der Waals surface area contributed by atoms with Gasteiger partial charge in [-0.3, -0.25) is 9.59 Å². The lowest BCUT2D eigenvalue weighted by Crippen LogP contribution is -2.62. The van der Waals surface area contributed by atoms with Crippen molar-refractivity contribution in [2.45, 2.75) is 51.4 Å². The van der Waals surface area contributed by atoms with Crippen LogP contribution in [0.1, 0.15) is 39.5 Å². The molecular formula is C16H24F4N2O2. The third kappa shape index (κ3) is 3.52. The van der Waals surface area contributed by atoms with Gasteiger partial charge in [-0.15, -0.1) is 0 Å². The number of likely N-dealkylation sites (tertiary alicyclic amines) is 2. The van der Waals surface area contributed by atoms with Crippen LogP contribution in [0.4, 0.5) is 17.6 Å². The SMILES string of the molecule is C[C@@H]1CCCN(C(=O)C(F)(F)C(F)(F)C(=O)N2CCC[C@@H](C)C2)C1. The molecule has 2 aliphatic heterocycles. The van der Waals surface area contributed by atoms with E-state index in [1.807, 2.05) is 0 Å². The first-order valence-electron chi connectivity index (χ1n) is 8.41. The third-order valence-corrected chi connectivity index (χ3v) is 4.82. The molecule has 0 saturated carbocycles. The van der Waals surface area contributed by atoms with E-state index in [0.29, 0.717) is 12.8 Å². The summed E-state index contributed by atoms with van der Waals surface area (Å²) in [6, 6.07) is 0. The van der Waals surface area contributed by atoms with E-state index in [9.17, 15) is 27.2 Å². The fraction of sp³-hybridized carbons (Fsp3) is 0.875. The Hall–Kier alpha value is -1.34. The van der Waals surface area contributed by atoms with Crippen LogP contribution in [0.2, 0.25) is 0 Å². The lowest BCUT2D eigenvalue weighted by atomic mass is 9.97. The highest BCUT2D eigenvalue weighted by Gasteiger charge is 2.68. The van der Waals surface area contributed by atoms with Crippen molar-refractivity contribution in [3.8, 4) is 0 Å². The van der Waals surface area contributed by atoms with Crippen LogP contribution in [0.3, 0.4) is 0 Å². The number of piperidine rings is 2. The average molecular weight is 352 g/mol. The average Bonchev–Trinajstić information content (AvgIpc) is 2.53. The van der Waals surface area contributed by atoms with E-state index >= 15 is 0 Å². The minimum absolute atomic E-state index is 0.0133. The third-order valence-electron chi connectivity index (χ3n) is 4.82. The van der Waals surface area contributed by atoms with E-state index in [4.69, 9.17) is 0 Å². The van der Waals surface area contributed by atoms with Crippen LogP contribution < -0.4 is 0 Å². The second-order valence-electron chi connectivity index (χ2n) is 7.15. The lowest BCUT2D eigenvalue weighted by Gasteiger charge is -2.37. The van der Waals surface area contributed by atoms with Gasteiger partial charge in [-0.1, -0.05) is 13.8 Å². The summed E-state index contributed by atoms with van der Waals surface area (Å²) < 4.78 is 56.9. The van der Waals surface area contributed by atoms with Gasteiger partial charge in [0.2, 0.25) is 0 Å². The summed E-state index contributed by atoms with van der Waals surface area (Å²) in [5.41, 5.74) is 0. The predicted octanol–water partition coefficient (Wildman–Crippen LogP) is 2.77. The van der Waals surface area contributed by atoms with Gasteiger partial charge in [0.05, 0.1) is 0 Å². The Labute approximate surface area is 139 Å². The maximum absolute atomic E-state index is 14.2. The van der Waals surface area contributed by atoms with E-state index in [0.717, 1.165) is 22.6 Å². The summed E-state index contributed by atoms with van der Waals surface area (Å²) in [5.74, 6) is -14.0. The summed E-state index contributed by atoms with van der Waals surface area (Å²) in [6.45, 7) is 3.61. The van der Waals surface area contributed by atoms with Gasteiger partial charge in [0.15, 0.2) is 0 Å². The van der Waals surface area contributed by atoms with Crippen LogP contribution in [0.5, 0.6) is 0 Å². The second-order valence-corrected chi connectivity index (χ2v) is 7.15. The molecular weight excluding hydrogens is 328 g/mol. The number of hydrogen-bond donors (Lipinski definition) is 0. The molecule has 0 aliphatic carbocycles. The van der Waals surface area contributed by atoms with Gasteiger partial charge in [0.25, 0.3) is 11.8 Å². The van der Waals surface area contributed by atoms with Crippen molar-refractivity contribution in [2.75, 3.05) is 26.2 Å². The molecule has 138 valence electrons. The van der Waals surface area contributed by atoms with Crippen LogP contribution in [-0.4, -0.2) is 59.6 Å². The molecule has 0 spiro atoms. The summed E-state index contributed by atoms with van der Waals surface area (Å²) in [6.07, 6.45) is 2.50. The summed E-state index contributed by atoms with van der Waals surface area (Å²) in [5, 5.41) is 0. The lowest BCUT2D eigenvalue weighted by molar-refractivity contribution is -0.224. The maximum Gasteiger partial charge on any atom is 0.395 e. The number of halogens is 4. The molecule has 4 nitrogen and oxygen atoms in total. The van der Waals surface area contributed by atoms with Gasteiger partial charge in [-0.2, -0.15) is 17.6 Å². The Kier molecular flexibility index (Phi) is 5.44. The number of alkyl halides is 4. The van der Waals surface area contributed by atoms with Crippen molar-refractivity contribution in [3.63, 3.8) is 0 Å². The Bertz CT molecular complexity index is 454. The first-order chi connectivity index (χ1) is 11.1. The van der Waals surface area contributed by atoms with Crippen molar-refractivity contribution < 1.29 is 27.2 Å². The van der Waals surface area contributed by atoms with Crippen LogP contribution in [0.15, 0.2) is 0 Å². The van der Waals surface area contributed by atoms with E-state index in [-0.39, 0.29) is 38.0 Å².